The number of rotatable bonds is 4. The van der Waals surface area contributed by atoms with Gasteiger partial charge >= 0.3 is 0 Å². The molecule has 0 aliphatic carbocycles. The zero-order valence-corrected chi connectivity index (χ0v) is 8.53. The van der Waals surface area contributed by atoms with Gasteiger partial charge in [-0.15, -0.1) is 0 Å². The molecule has 1 unspecified atom stereocenters. The highest BCUT2D eigenvalue weighted by molar-refractivity contribution is 5.78. The molecule has 1 atom stereocenters. The van der Waals surface area contributed by atoms with Crippen molar-refractivity contribution in [3.8, 4) is 6.07 Å². The van der Waals surface area contributed by atoms with E-state index in [1.807, 2.05) is 13.0 Å². The predicted octanol–water partition coefficient (Wildman–Crippen LogP) is 0.928. The van der Waals surface area contributed by atoms with Gasteiger partial charge in [-0.05, 0) is 19.8 Å². The van der Waals surface area contributed by atoms with Gasteiger partial charge in [0.05, 0.1) is 12.2 Å². The first-order valence-corrected chi connectivity index (χ1v) is 5.04. The van der Waals surface area contributed by atoms with E-state index < -0.39 is 0 Å². The van der Waals surface area contributed by atoms with Gasteiger partial charge in [-0.25, -0.2) is 0 Å². The highest BCUT2D eigenvalue weighted by Crippen LogP contribution is 2.13. The Morgan fingerprint density at radius 2 is 2.50 bits per heavy atom. The first kappa shape index (κ1) is 11.0. The maximum Gasteiger partial charge on any atom is 0.236 e. The van der Waals surface area contributed by atoms with Gasteiger partial charge < -0.3 is 9.64 Å². The minimum Gasteiger partial charge on any atom is -0.376 e. The third-order valence-corrected chi connectivity index (χ3v) is 2.41. The fourth-order valence-electron chi connectivity index (χ4n) is 1.62. The van der Waals surface area contributed by atoms with E-state index in [0.29, 0.717) is 13.1 Å². The van der Waals surface area contributed by atoms with Crippen LogP contribution in [0.3, 0.4) is 0 Å². The number of nitrogens with zero attached hydrogens (tertiary/aromatic N) is 2. The van der Waals surface area contributed by atoms with E-state index in [2.05, 4.69) is 0 Å². The lowest BCUT2D eigenvalue weighted by Gasteiger charge is -2.22. The molecule has 1 aliphatic heterocycles. The molecule has 1 amide bonds. The standard InChI is InChI=1S/C10H16N2O2/c1-2-12(10(13)5-6-11)8-9-4-3-7-14-9/h9H,2-5,7-8H2,1H3. The summed E-state index contributed by atoms with van der Waals surface area (Å²) >= 11 is 0. The Morgan fingerprint density at radius 3 is 3.00 bits per heavy atom. The number of likely N-dealkylation sites (N-methyl/N-ethyl adjacent to an activating group) is 1. The first-order valence-electron chi connectivity index (χ1n) is 5.04. The number of carbonyl (C=O) groups is 1. The number of ether oxygens (including phenoxy) is 1. The summed E-state index contributed by atoms with van der Waals surface area (Å²) in [5.41, 5.74) is 0. The summed E-state index contributed by atoms with van der Waals surface area (Å²) in [5.74, 6) is -0.0921. The zero-order valence-electron chi connectivity index (χ0n) is 8.53. The van der Waals surface area contributed by atoms with Gasteiger partial charge in [0.15, 0.2) is 0 Å². The maximum absolute atomic E-state index is 11.4. The molecule has 0 aromatic heterocycles. The fourth-order valence-corrected chi connectivity index (χ4v) is 1.62. The SMILES string of the molecule is CCN(CC1CCCO1)C(=O)CC#N. The summed E-state index contributed by atoms with van der Waals surface area (Å²) in [7, 11) is 0. The van der Waals surface area contributed by atoms with Crippen LogP contribution in [0.15, 0.2) is 0 Å². The van der Waals surface area contributed by atoms with Gasteiger partial charge in [0, 0.05) is 19.7 Å². The molecule has 78 valence electrons. The van der Waals surface area contributed by atoms with Crippen molar-refractivity contribution in [2.45, 2.75) is 32.3 Å². The molecular weight excluding hydrogens is 180 g/mol. The van der Waals surface area contributed by atoms with Gasteiger partial charge in [-0.2, -0.15) is 5.26 Å². The van der Waals surface area contributed by atoms with E-state index in [9.17, 15) is 4.79 Å². The summed E-state index contributed by atoms with van der Waals surface area (Å²) in [5, 5.41) is 8.41. The Morgan fingerprint density at radius 1 is 1.71 bits per heavy atom. The Hall–Kier alpha value is -1.08. The molecule has 0 radical (unpaired) electrons. The predicted molar refractivity (Wildman–Crippen MR) is 51.5 cm³/mol. The quantitative estimate of drug-likeness (QED) is 0.672. The molecule has 0 aromatic carbocycles. The number of hydrogen-bond acceptors (Lipinski definition) is 3. The molecule has 4 heteroatoms. The van der Waals surface area contributed by atoms with Crippen LogP contribution in [0.1, 0.15) is 26.2 Å². The monoisotopic (exact) mass is 196 g/mol. The van der Waals surface area contributed by atoms with Gasteiger partial charge in [-0.1, -0.05) is 0 Å². The van der Waals surface area contributed by atoms with Crippen LogP contribution in [0, 0.1) is 11.3 Å². The molecule has 1 heterocycles. The van der Waals surface area contributed by atoms with E-state index in [-0.39, 0.29) is 18.4 Å². The van der Waals surface area contributed by atoms with Gasteiger partial charge in [0.25, 0.3) is 0 Å². The molecule has 1 rings (SSSR count). The Labute approximate surface area is 84.4 Å². The molecular formula is C10H16N2O2. The summed E-state index contributed by atoms with van der Waals surface area (Å²) in [6.45, 7) is 4.01. The molecule has 14 heavy (non-hydrogen) atoms. The molecule has 0 saturated carbocycles. The van der Waals surface area contributed by atoms with E-state index in [0.717, 1.165) is 19.4 Å². The molecule has 1 fully saturated rings. The third kappa shape index (κ3) is 3.00. The minimum atomic E-state index is -0.0921. The topological polar surface area (TPSA) is 53.3 Å². The van der Waals surface area contributed by atoms with Crippen LogP contribution in [0.5, 0.6) is 0 Å². The minimum absolute atomic E-state index is 0.0272. The average molecular weight is 196 g/mol. The number of hydrogen-bond donors (Lipinski definition) is 0. The van der Waals surface area contributed by atoms with Gasteiger partial charge in [-0.3, -0.25) is 4.79 Å². The maximum atomic E-state index is 11.4. The molecule has 1 aliphatic rings. The smallest absolute Gasteiger partial charge is 0.236 e. The van der Waals surface area contributed by atoms with Crippen molar-refractivity contribution >= 4 is 5.91 Å². The molecule has 0 N–H and O–H groups in total. The summed E-state index contributed by atoms with van der Waals surface area (Å²) in [4.78, 5) is 13.1. The zero-order chi connectivity index (χ0) is 10.4. The van der Waals surface area contributed by atoms with Crippen molar-refractivity contribution in [3.05, 3.63) is 0 Å². The van der Waals surface area contributed by atoms with Crippen LogP contribution in [0.4, 0.5) is 0 Å². The van der Waals surface area contributed by atoms with Crippen LogP contribution < -0.4 is 0 Å². The third-order valence-electron chi connectivity index (χ3n) is 2.41. The lowest BCUT2D eigenvalue weighted by molar-refractivity contribution is -0.131. The second kappa shape index (κ2) is 5.61. The molecule has 4 nitrogen and oxygen atoms in total. The van der Waals surface area contributed by atoms with Crippen molar-refractivity contribution in [2.75, 3.05) is 19.7 Å². The number of amides is 1. The normalized spacial score (nSPS) is 20.4. The van der Waals surface area contributed by atoms with Crippen LogP contribution in [0.2, 0.25) is 0 Å². The summed E-state index contributed by atoms with van der Waals surface area (Å²) in [6, 6.07) is 1.88. The second-order valence-electron chi connectivity index (χ2n) is 3.40. The van der Waals surface area contributed by atoms with Crippen LogP contribution in [-0.2, 0) is 9.53 Å². The molecule has 0 bridgehead atoms. The average Bonchev–Trinajstić information content (AvgIpc) is 2.66. The summed E-state index contributed by atoms with van der Waals surface area (Å²) in [6.07, 6.45) is 2.25. The lowest BCUT2D eigenvalue weighted by Crippen LogP contribution is -2.36. The fraction of sp³-hybridized carbons (Fsp3) is 0.800. The van der Waals surface area contributed by atoms with Crippen molar-refractivity contribution in [1.29, 1.82) is 5.26 Å². The molecule has 0 spiro atoms. The van der Waals surface area contributed by atoms with E-state index in [1.165, 1.54) is 0 Å². The van der Waals surface area contributed by atoms with E-state index >= 15 is 0 Å². The second-order valence-corrected chi connectivity index (χ2v) is 3.40. The van der Waals surface area contributed by atoms with E-state index in [4.69, 9.17) is 10.00 Å². The number of nitriles is 1. The van der Waals surface area contributed by atoms with Crippen LogP contribution in [-0.4, -0.2) is 36.6 Å². The first-order chi connectivity index (χ1) is 6.77. The molecule has 0 aromatic rings. The highest BCUT2D eigenvalue weighted by Gasteiger charge is 2.20. The largest absolute Gasteiger partial charge is 0.376 e. The van der Waals surface area contributed by atoms with Crippen molar-refractivity contribution in [2.24, 2.45) is 0 Å². The Bertz CT molecular complexity index is 229. The lowest BCUT2D eigenvalue weighted by atomic mass is 10.2. The molecule has 1 saturated heterocycles. The van der Waals surface area contributed by atoms with Crippen LogP contribution in [0.25, 0.3) is 0 Å². The highest BCUT2D eigenvalue weighted by atomic mass is 16.5. The van der Waals surface area contributed by atoms with Crippen molar-refractivity contribution in [1.82, 2.24) is 4.90 Å². The van der Waals surface area contributed by atoms with Gasteiger partial charge in [0.1, 0.15) is 6.42 Å². The Kier molecular flexibility index (Phi) is 4.41. The van der Waals surface area contributed by atoms with Crippen LogP contribution >= 0.6 is 0 Å². The number of carbonyl (C=O) groups excluding carboxylic acids is 1. The van der Waals surface area contributed by atoms with Crippen molar-refractivity contribution < 1.29 is 9.53 Å². The van der Waals surface area contributed by atoms with Crippen molar-refractivity contribution in [3.63, 3.8) is 0 Å². The van der Waals surface area contributed by atoms with E-state index in [1.54, 1.807) is 4.90 Å². The van der Waals surface area contributed by atoms with Gasteiger partial charge in [0.2, 0.25) is 5.91 Å². The summed E-state index contributed by atoms with van der Waals surface area (Å²) < 4.78 is 5.44. The Balaban J connectivity index is 2.37.